The lowest BCUT2D eigenvalue weighted by atomic mass is 10.1. The Hall–Kier alpha value is -1.95. The summed E-state index contributed by atoms with van der Waals surface area (Å²) in [7, 11) is 0. The van der Waals surface area contributed by atoms with Crippen molar-refractivity contribution in [2.45, 2.75) is 25.8 Å². The first-order valence-electron chi connectivity index (χ1n) is 6.22. The first-order valence-corrected chi connectivity index (χ1v) is 6.22. The van der Waals surface area contributed by atoms with Crippen LogP contribution in [0, 0.1) is 17.0 Å². The van der Waals surface area contributed by atoms with Crippen molar-refractivity contribution in [1.29, 1.82) is 0 Å². The van der Waals surface area contributed by atoms with Gasteiger partial charge in [0.15, 0.2) is 0 Å². The highest BCUT2D eigenvalue weighted by atomic mass is 16.6. The Bertz CT molecular complexity index is 515. The monoisotopic (exact) mass is 264 g/mol. The number of nitro groups is 1. The van der Waals surface area contributed by atoms with E-state index in [1.54, 1.807) is 19.1 Å². The highest BCUT2D eigenvalue weighted by Gasteiger charge is 2.32. The second-order valence-corrected chi connectivity index (χ2v) is 4.71. The summed E-state index contributed by atoms with van der Waals surface area (Å²) >= 11 is 0. The predicted molar refractivity (Wildman–Crippen MR) is 69.0 cm³/mol. The van der Waals surface area contributed by atoms with Crippen molar-refractivity contribution in [2.75, 3.05) is 13.2 Å². The van der Waals surface area contributed by atoms with E-state index in [2.05, 4.69) is 0 Å². The molecule has 1 heterocycles. The smallest absolute Gasteiger partial charge is 0.285 e. The van der Waals surface area contributed by atoms with Gasteiger partial charge < -0.3 is 10.0 Å². The Morgan fingerprint density at radius 3 is 2.95 bits per heavy atom. The molecule has 19 heavy (non-hydrogen) atoms. The fraction of sp³-hybridized carbons (Fsp3) is 0.462. The third kappa shape index (κ3) is 2.44. The van der Waals surface area contributed by atoms with Gasteiger partial charge in [0.25, 0.3) is 11.6 Å². The van der Waals surface area contributed by atoms with Gasteiger partial charge in [-0.25, -0.2) is 0 Å². The van der Waals surface area contributed by atoms with Gasteiger partial charge >= 0.3 is 0 Å². The van der Waals surface area contributed by atoms with E-state index < -0.39 is 4.92 Å². The topological polar surface area (TPSA) is 83.7 Å². The van der Waals surface area contributed by atoms with Crippen LogP contribution in [0.15, 0.2) is 18.2 Å². The highest BCUT2D eigenvalue weighted by Crippen LogP contribution is 2.27. The second-order valence-electron chi connectivity index (χ2n) is 4.71. The molecule has 0 unspecified atom stereocenters. The van der Waals surface area contributed by atoms with Crippen LogP contribution >= 0.6 is 0 Å². The molecule has 1 aromatic carbocycles. The maximum absolute atomic E-state index is 12.4. The number of carbonyl (C=O) groups excluding carboxylic acids is 1. The molecular weight excluding hydrogens is 248 g/mol. The molecular formula is C13H16N2O4. The van der Waals surface area contributed by atoms with Gasteiger partial charge in [0.1, 0.15) is 5.56 Å². The molecule has 1 atom stereocenters. The van der Waals surface area contributed by atoms with Crippen LogP contribution in [0.5, 0.6) is 0 Å². The van der Waals surface area contributed by atoms with Crippen LogP contribution < -0.4 is 0 Å². The predicted octanol–water partition coefficient (Wildman–Crippen LogP) is 1.50. The molecule has 0 aromatic heterocycles. The zero-order valence-electron chi connectivity index (χ0n) is 10.7. The van der Waals surface area contributed by atoms with Crippen LogP contribution in [0.25, 0.3) is 0 Å². The van der Waals surface area contributed by atoms with Gasteiger partial charge in [-0.2, -0.15) is 0 Å². The molecule has 0 radical (unpaired) electrons. The minimum Gasteiger partial charge on any atom is -0.394 e. The van der Waals surface area contributed by atoms with Crippen molar-refractivity contribution in [3.63, 3.8) is 0 Å². The van der Waals surface area contributed by atoms with E-state index in [0.717, 1.165) is 12.8 Å². The number of amides is 1. The van der Waals surface area contributed by atoms with E-state index in [1.807, 2.05) is 0 Å². The molecule has 102 valence electrons. The summed E-state index contributed by atoms with van der Waals surface area (Å²) in [5, 5.41) is 20.3. The number of nitro benzene ring substituents is 1. The molecule has 6 heteroatoms. The summed E-state index contributed by atoms with van der Waals surface area (Å²) in [5.74, 6) is -0.369. The van der Waals surface area contributed by atoms with Crippen LogP contribution in [-0.4, -0.2) is 40.0 Å². The number of likely N-dealkylation sites (tertiary alicyclic amines) is 1. The van der Waals surface area contributed by atoms with Gasteiger partial charge in [0.05, 0.1) is 17.6 Å². The highest BCUT2D eigenvalue weighted by molar-refractivity contribution is 5.99. The van der Waals surface area contributed by atoms with Crippen LogP contribution in [-0.2, 0) is 0 Å². The van der Waals surface area contributed by atoms with Crippen LogP contribution in [0.1, 0.15) is 28.8 Å². The van der Waals surface area contributed by atoms with E-state index in [0.29, 0.717) is 12.1 Å². The normalized spacial score (nSPS) is 18.6. The average Bonchev–Trinajstić information content (AvgIpc) is 2.85. The van der Waals surface area contributed by atoms with Crippen molar-refractivity contribution >= 4 is 11.6 Å². The summed E-state index contributed by atoms with van der Waals surface area (Å²) in [4.78, 5) is 24.5. The summed E-state index contributed by atoms with van der Waals surface area (Å²) < 4.78 is 0. The van der Waals surface area contributed by atoms with Crippen LogP contribution in [0.4, 0.5) is 5.69 Å². The quantitative estimate of drug-likeness (QED) is 0.662. The van der Waals surface area contributed by atoms with E-state index in [-0.39, 0.29) is 29.8 Å². The molecule has 1 aromatic rings. The fourth-order valence-corrected chi connectivity index (χ4v) is 2.52. The number of aryl methyl sites for hydroxylation is 1. The number of rotatable bonds is 3. The Morgan fingerprint density at radius 1 is 1.58 bits per heavy atom. The van der Waals surface area contributed by atoms with Gasteiger partial charge in [0, 0.05) is 12.1 Å². The number of nitrogens with zero attached hydrogens (tertiary/aromatic N) is 2. The van der Waals surface area contributed by atoms with Crippen molar-refractivity contribution in [3.8, 4) is 0 Å². The minimum atomic E-state index is -0.521. The zero-order chi connectivity index (χ0) is 14.0. The number of hydrogen-bond donors (Lipinski definition) is 1. The molecule has 1 aliphatic rings. The molecule has 0 spiro atoms. The first kappa shape index (κ1) is 13.5. The maximum atomic E-state index is 12.4. The Morgan fingerprint density at radius 2 is 2.32 bits per heavy atom. The molecule has 0 aliphatic carbocycles. The largest absolute Gasteiger partial charge is 0.394 e. The Balaban J connectivity index is 2.39. The zero-order valence-corrected chi connectivity index (χ0v) is 10.7. The van der Waals surface area contributed by atoms with Crippen LogP contribution in [0.2, 0.25) is 0 Å². The average molecular weight is 264 g/mol. The van der Waals surface area contributed by atoms with Gasteiger partial charge in [-0.15, -0.1) is 0 Å². The summed E-state index contributed by atoms with van der Waals surface area (Å²) in [5.41, 5.74) is 0.428. The molecule has 1 N–H and O–H groups in total. The SMILES string of the molecule is Cc1cccc(C(=O)N2CCC[C@H]2CO)c1[N+](=O)[O-]. The molecule has 0 bridgehead atoms. The maximum Gasteiger partial charge on any atom is 0.285 e. The third-order valence-electron chi connectivity index (χ3n) is 3.50. The van der Waals surface area contributed by atoms with Crippen molar-refractivity contribution in [1.82, 2.24) is 4.90 Å². The van der Waals surface area contributed by atoms with Crippen LogP contribution in [0.3, 0.4) is 0 Å². The molecule has 2 rings (SSSR count). The van der Waals surface area contributed by atoms with E-state index in [9.17, 15) is 20.0 Å². The summed E-state index contributed by atoms with van der Waals surface area (Å²) in [6.07, 6.45) is 1.55. The number of benzene rings is 1. The van der Waals surface area contributed by atoms with Crippen molar-refractivity contribution in [3.05, 3.63) is 39.4 Å². The van der Waals surface area contributed by atoms with Gasteiger partial charge in [0.2, 0.25) is 0 Å². The number of carbonyl (C=O) groups is 1. The lowest BCUT2D eigenvalue weighted by Crippen LogP contribution is -2.37. The van der Waals surface area contributed by atoms with Crippen molar-refractivity contribution < 1.29 is 14.8 Å². The number of hydrogen-bond acceptors (Lipinski definition) is 4. The number of aliphatic hydroxyl groups excluding tert-OH is 1. The second kappa shape index (κ2) is 5.36. The van der Waals surface area contributed by atoms with Gasteiger partial charge in [-0.05, 0) is 25.8 Å². The van der Waals surface area contributed by atoms with Gasteiger partial charge in [-0.3, -0.25) is 14.9 Å². The summed E-state index contributed by atoms with van der Waals surface area (Å²) in [6.45, 7) is 2.04. The molecule has 1 amide bonds. The molecule has 6 nitrogen and oxygen atoms in total. The summed E-state index contributed by atoms with van der Waals surface area (Å²) in [6, 6.07) is 4.50. The Kier molecular flexibility index (Phi) is 3.80. The van der Waals surface area contributed by atoms with Gasteiger partial charge in [-0.1, -0.05) is 12.1 Å². The lowest BCUT2D eigenvalue weighted by Gasteiger charge is -2.23. The number of aliphatic hydroxyl groups is 1. The fourth-order valence-electron chi connectivity index (χ4n) is 2.52. The van der Waals surface area contributed by atoms with Crippen molar-refractivity contribution in [2.24, 2.45) is 0 Å². The van der Waals surface area contributed by atoms with E-state index >= 15 is 0 Å². The van der Waals surface area contributed by atoms with E-state index in [1.165, 1.54) is 11.0 Å². The minimum absolute atomic E-state index is 0.102. The standard InChI is InChI=1S/C13H16N2O4/c1-9-4-2-6-11(12(9)15(18)19)13(17)14-7-3-5-10(14)8-16/h2,4,6,10,16H,3,5,7-8H2,1H3/t10-/m0/s1. The third-order valence-corrected chi connectivity index (χ3v) is 3.50. The molecule has 1 aliphatic heterocycles. The lowest BCUT2D eigenvalue weighted by molar-refractivity contribution is -0.385. The molecule has 1 fully saturated rings. The molecule has 0 saturated carbocycles. The number of para-hydroxylation sites is 1. The Labute approximate surface area is 110 Å². The molecule has 1 saturated heterocycles. The van der Waals surface area contributed by atoms with E-state index in [4.69, 9.17) is 0 Å². The first-order chi connectivity index (χ1) is 9.06.